The molecule has 13 heteroatoms. The molecule has 4 fully saturated rings. The van der Waals surface area contributed by atoms with Crippen LogP contribution < -0.4 is 0 Å². The smallest absolute Gasteiger partial charge is 0.456 e. The summed E-state index contributed by atoms with van der Waals surface area (Å²) in [7, 11) is 0. The number of hydrogen-bond donors (Lipinski definition) is 0. The van der Waals surface area contributed by atoms with Gasteiger partial charge in [0.1, 0.15) is 6.10 Å². The van der Waals surface area contributed by atoms with Crippen LogP contribution >= 0.6 is 0 Å². The van der Waals surface area contributed by atoms with Gasteiger partial charge in [0, 0.05) is 6.42 Å². The second-order valence-electron chi connectivity index (χ2n) is 13.7. The molecule has 0 amide bonds. The SMILES string of the molecule is C[C@H](CCC(=O)OC(C(F)(F)F)C(F)(F)F)[C@H]1CC[C@H]2[C@@H]3CC[C@@H]4C[C@@H](OC(=O)C(F)(F)F)CC[C@]4(C)[C@H]3CC[C@]12C. The lowest BCUT2D eigenvalue weighted by Crippen LogP contribution is -2.54. The highest BCUT2D eigenvalue weighted by Crippen LogP contribution is 2.68. The molecule has 42 heavy (non-hydrogen) atoms. The molecule has 9 atom stereocenters. The molecule has 0 aliphatic heterocycles. The maximum absolute atomic E-state index is 12.8. The van der Waals surface area contributed by atoms with Crippen LogP contribution in [0.2, 0.25) is 0 Å². The van der Waals surface area contributed by atoms with Crippen LogP contribution in [0.15, 0.2) is 0 Å². The van der Waals surface area contributed by atoms with Crippen LogP contribution in [0.3, 0.4) is 0 Å². The Morgan fingerprint density at radius 1 is 0.810 bits per heavy atom. The summed E-state index contributed by atoms with van der Waals surface area (Å²) in [5.41, 5.74) is -0.167. The summed E-state index contributed by atoms with van der Waals surface area (Å²) >= 11 is 0. The molecule has 0 heterocycles. The lowest BCUT2D eigenvalue weighted by Gasteiger charge is -2.61. The lowest BCUT2D eigenvalue weighted by molar-refractivity contribution is -0.313. The summed E-state index contributed by atoms with van der Waals surface area (Å²) in [5.74, 6) is -2.31. The number of alkyl halides is 9. The number of ether oxygens (including phenoxy) is 2. The Kier molecular flexibility index (Phi) is 8.97. The lowest BCUT2D eigenvalue weighted by atomic mass is 9.44. The van der Waals surface area contributed by atoms with Gasteiger partial charge in [0.25, 0.3) is 6.10 Å². The molecule has 0 saturated heterocycles. The van der Waals surface area contributed by atoms with Gasteiger partial charge in [-0.05, 0) is 111 Å². The highest BCUT2D eigenvalue weighted by atomic mass is 19.4. The fraction of sp³-hybridized carbons (Fsp3) is 0.931. The first kappa shape index (κ1) is 33.2. The molecule has 4 aliphatic carbocycles. The van der Waals surface area contributed by atoms with E-state index in [1.54, 1.807) is 0 Å². The van der Waals surface area contributed by atoms with E-state index in [-0.39, 0.29) is 35.0 Å². The Hall–Kier alpha value is -1.69. The normalized spacial score (nSPS) is 37.8. The van der Waals surface area contributed by atoms with Crippen LogP contribution in [0.5, 0.6) is 0 Å². The molecule has 4 nitrogen and oxygen atoms in total. The van der Waals surface area contributed by atoms with E-state index < -0.39 is 49.1 Å². The number of carbonyl (C=O) groups excluding carboxylic acids is 2. The Morgan fingerprint density at radius 2 is 1.40 bits per heavy atom. The van der Waals surface area contributed by atoms with Gasteiger partial charge in [0.15, 0.2) is 0 Å². The monoisotopic (exact) mass is 622 g/mol. The van der Waals surface area contributed by atoms with Crippen molar-refractivity contribution in [3.05, 3.63) is 0 Å². The fourth-order valence-corrected chi connectivity index (χ4v) is 9.58. The number of carbonyl (C=O) groups is 2. The van der Waals surface area contributed by atoms with E-state index in [0.717, 1.165) is 38.5 Å². The zero-order valence-corrected chi connectivity index (χ0v) is 23.9. The van der Waals surface area contributed by atoms with Crippen molar-refractivity contribution in [1.82, 2.24) is 0 Å². The number of rotatable bonds is 6. The fourth-order valence-electron chi connectivity index (χ4n) is 9.58. The van der Waals surface area contributed by atoms with E-state index >= 15 is 0 Å². The van der Waals surface area contributed by atoms with Gasteiger partial charge in [-0.1, -0.05) is 20.8 Å². The van der Waals surface area contributed by atoms with Crippen molar-refractivity contribution in [3.8, 4) is 0 Å². The average Bonchev–Trinajstić information content (AvgIpc) is 3.21. The summed E-state index contributed by atoms with van der Waals surface area (Å²) in [5, 5.41) is 0. The summed E-state index contributed by atoms with van der Waals surface area (Å²) < 4.78 is 123. The molecule has 4 aliphatic rings. The Bertz CT molecular complexity index is 995. The quantitative estimate of drug-likeness (QED) is 0.220. The number of hydrogen-bond acceptors (Lipinski definition) is 4. The number of fused-ring (bicyclic) bond motifs is 5. The van der Waals surface area contributed by atoms with Gasteiger partial charge in [-0.25, -0.2) is 4.79 Å². The molecule has 0 spiro atoms. The molecule has 0 aromatic rings. The molecule has 4 saturated carbocycles. The molecule has 0 aromatic carbocycles. The highest BCUT2D eigenvalue weighted by Gasteiger charge is 2.62. The van der Waals surface area contributed by atoms with Crippen molar-refractivity contribution in [1.29, 1.82) is 0 Å². The van der Waals surface area contributed by atoms with Gasteiger partial charge in [-0.2, -0.15) is 39.5 Å². The first-order valence-electron chi connectivity index (χ1n) is 14.8. The topological polar surface area (TPSA) is 52.6 Å². The highest BCUT2D eigenvalue weighted by molar-refractivity contribution is 5.75. The molecular weight excluding hydrogens is 583 g/mol. The van der Waals surface area contributed by atoms with E-state index in [9.17, 15) is 49.1 Å². The molecule has 242 valence electrons. The van der Waals surface area contributed by atoms with Crippen molar-refractivity contribution in [2.24, 2.45) is 46.3 Å². The summed E-state index contributed by atoms with van der Waals surface area (Å²) in [6.45, 7) is 6.32. The standard InChI is InChI=1S/C29H39F9O4/c1-15(4-9-22(39)42-23(27(30,31)32)28(33,34)35)19-7-8-20-18-6-5-16-14-17(41-24(40)29(36,37)38)10-12-25(16,2)21(18)11-13-26(19,20)3/h15-21,23H,4-14H2,1-3H3/t15-,16-,17+,18+,19-,20+,21+,25+,26-/m1/s1. The van der Waals surface area contributed by atoms with E-state index in [2.05, 4.69) is 18.6 Å². The zero-order chi connectivity index (χ0) is 31.5. The van der Waals surface area contributed by atoms with E-state index in [1.807, 2.05) is 6.92 Å². The molecular formula is C29H39F9O4. The van der Waals surface area contributed by atoms with Crippen molar-refractivity contribution >= 4 is 11.9 Å². The Labute approximate surface area is 239 Å². The Balaban J connectivity index is 1.36. The minimum absolute atomic E-state index is 0.0770. The van der Waals surface area contributed by atoms with E-state index in [0.29, 0.717) is 37.0 Å². The van der Waals surface area contributed by atoms with Crippen LogP contribution in [0.4, 0.5) is 39.5 Å². The maximum Gasteiger partial charge on any atom is 0.490 e. The summed E-state index contributed by atoms with van der Waals surface area (Å²) in [6, 6.07) is 0. The molecule has 4 rings (SSSR count). The van der Waals surface area contributed by atoms with Crippen LogP contribution in [0.25, 0.3) is 0 Å². The largest absolute Gasteiger partial charge is 0.490 e. The van der Waals surface area contributed by atoms with Crippen molar-refractivity contribution in [2.45, 2.75) is 122 Å². The van der Waals surface area contributed by atoms with Gasteiger partial charge in [0.05, 0.1) is 0 Å². The summed E-state index contributed by atoms with van der Waals surface area (Å²) in [4.78, 5) is 23.4. The third-order valence-electron chi connectivity index (χ3n) is 11.5. The number of esters is 2. The van der Waals surface area contributed by atoms with Crippen molar-refractivity contribution in [2.75, 3.05) is 0 Å². The third kappa shape index (κ3) is 6.40. The molecule has 0 radical (unpaired) electrons. The van der Waals surface area contributed by atoms with E-state index in [4.69, 9.17) is 4.74 Å². The van der Waals surface area contributed by atoms with E-state index in [1.165, 1.54) is 0 Å². The minimum atomic E-state index is -5.74. The van der Waals surface area contributed by atoms with Gasteiger partial charge < -0.3 is 9.47 Å². The average molecular weight is 623 g/mol. The van der Waals surface area contributed by atoms with Crippen LogP contribution in [-0.4, -0.2) is 42.7 Å². The second-order valence-corrected chi connectivity index (χ2v) is 13.7. The molecule has 0 unspecified atom stereocenters. The van der Waals surface area contributed by atoms with Gasteiger partial charge in [-0.3, -0.25) is 4.79 Å². The molecule has 0 aromatic heterocycles. The van der Waals surface area contributed by atoms with Crippen LogP contribution in [0, 0.1) is 46.3 Å². The Morgan fingerprint density at radius 3 is 2.00 bits per heavy atom. The predicted octanol–water partition coefficient (Wildman–Crippen LogP) is 8.57. The zero-order valence-electron chi connectivity index (χ0n) is 23.9. The maximum atomic E-state index is 12.8. The molecule has 0 N–H and O–H groups in total. The number of halogens is 9. The first-order valence-corrected chi connectivity index (χ1v) is 14.8. The van der Waals surface area contributed by atoms with Crippen molar-refractivity contribution < 1.29 is 58.6 Å². The minimum Gasteiger partial charge on any atom is -0.456 e. The van der Waals surface area contributed by atoms with Crippen LogP contribution in [0.1, 0.15) is 91.4 Å². The van der Waals surface area contributed by atoms with Gasteiger partial charge >= 0.3 is 30.5 Å². The molecule has 0 bridgehead atoms. The van der Waals surface area contributed by atoms with Gasteiger partial charge in [-0.15, -0.1) is 0 Å². The summed E-state index contributed by atoms with van der Waals surface area (Å²) in [6.07, 6.45) is -15.0. The van der Waals surface area contributed by atoms with Crippen molar-refractivity contribution in [3.63, 3.8) is 0 Å². The van der Waals surface area contributed by atoms with Crippen LogP contribution in [-0.2, 0) is 19.1 Å². The van der Waals surface area contributed by atoms with Gasteiger partial charge in [0.2, 0.25) is 0 Å². The second kappa shape index (κ2) is 11.3. The third-order valence-corrected chi connectivity index (χ3v) is 11.5. The predicted molar refractivity (Wildman–Crippen MR) is 132 cm³/mol. The first-order chi connectivity index (χ1) is 19.2.